The number of nitrogens with zero attached hydrogens (tertiary/aromatic N) is 6. The number of hydrogen-bond donors (Lipinski definition) is 10. The number of thioether (sulfide) groups is 1. The molecule has 12 amide bonds. The summed E-state index contributed by atoms with van der Waals surface area (Å²) in [4.78, 5) is 249. The Labute approximate surface area is 765 Å². The predicted octanol–water partition coefficient (Wildman–Crippen LogP) is 5.14. The largest absolute Gasteiger partial charge is 0.508 e. The Morgan fingerprint density at radius 1 is 0.519 bits per heavy atom. The van der Waals surface area contributed by atoms with E-state index in [1.165, 1.54) is 93.6 Å². The maximum atomic E-state index is 15.6. The molecule has 9 rings (SSSR count). The van der Waals surface area contributed by atoms with E-state index in [0.717, 1.165) is 26.5 Å². The Balaban J connectivity index is 1.12. The number of aromatic amines is 1. The van der Waals surface area contributed by atoms with Gasteiger partial charge in [0.2, 0.25) is 70.9 Å². The molecule has 2 aliphatic rings. The van der Waals surface area contributed by atoms with Crippen LogP contribution in [0.1, 0.15) is 112 Å². The van der Waals surface area contributed by atoms with Gasteiger partial charge >= 0.3 is 0 Å². The summed E-state index contributed by atoms with van der Waals surface area (Å²) in [5, 5.41) is 38.2. The van der Waals surface area contributed by atoms with Gasteiger partial charge in [-0.3, -0.25) is 81.7 Å². The number of para-hydroxylation sites is 1. The van der Waals surface area contributed by atoms with Gasteiger partial charge in [0.05, 0.1) is 30.8 Å². The zero-order valence-corrected chi connectivity index (χ0v) is 75.8. The van der Waals surface area contributed by atoms with Crippen LogP contribution in [-0.4, -0.2) is 261 Å². The van der Waals surface area contributed by atoms with Gasteiger partial charge in [-0.2, -0.15) is 0 Å². The number of fused-ring (bicyclic) bond motifs is 1. The summed E-state index contributed by atoms with van der Waals surface area (Å²) in [6.45, 7) is 3.32. The fourth-order valence-electron chi connectivity index (χ4n) is 15.8. The van der Waals surface area contributed by atoms with E-state index >= 15 is 43.2 Å². The molecule has 11 N–H and O–H groups in total. The molecule has 6 aromatic carbocycles. The van der Waals surface area contributed by atoms with Crippen molar-refractivity contribution in [1.82, 2.24) is 61.4 Å². The van der Waals surface area contributed by atoms with E-state index in [1.54, 1.807) is 148 Å². The Hall–Kier alpha value is -13.7. The number of unbranched alkanes of at least 4 members (excludes halogenated alkanes) is 1. The summed E-state index contributed by atoms with van der Waals surface area (Å²) in [6.07, 6.45) is 2.75. The zero-order chi connectivity index (χ0) is 95.0. The molecule has 1 aromatic heterocycles. The molecule has 1 fully saturated rings. The molecule has 1 saturated heterocycles. The van der Waals surface area contributed by atoms with E-state index in [2.05, 4.69) is 41.9 Å². The van der Waals surface area contributed by atoms with Crippen LogP contribution in [0.3, 0.4) is 0 Å². The van der Waals surface area contributed by atoms with Crippen LogP contribution in [0.2, 0.25) is 0 Å². The number of carbonyl (C=O) groups is 16. The van der Waals surface area contributed by atoms with Gasteiger partial charge in [0.1, 0.15) is 72.2 Å². The van der Waals surface area contributed by atoms with Crippen LogP contribution in [-0.2, 0) is 120 Å². The maximum absolute atomic E-state index is 15.6. The minimum absolute atomic E-state index is 0.0816. The molecular weight excluding hydrogens is 1700 g/mol. The van der Waals surface area contributed by atoms with E-state index in [9.17, 15) is 43.8 Å². The smallest absolute Gasteiger partial charge is 0.293 e. The third-order valence-electron chi connectivity index (χ3n) is 23.3. The monoisotopic (exact) mass is 1810 g/mol. The number of likely N-dealkylation sites (N-methyl/N-ethyl adjacent to an activating group) is 5. The van der Waals surface area contributed by atoms with Crippen molar-refractivity contribution in [3.05, 3.63) is 215 Å². The van der Waals surface area contributed by atoms with Crippen LogP contribution in [0, 0.1) is 17.8 Å². The van der Waals surface area contributed by atoms with Crippen molar-refractivity contribution in [2.45, 2.75) is 171 Å². The van der Waals surface area contributed by atoms with E-state index < -0.39 is 211 Å². The molecule has 696 valence electrons. The van der Waals surface area contributed by atoms with Crippen molar-refractivity contribution in [2.75, 3.05) is 66.4 Å². The number of primary amides is 1. The number of amides is 12. The Morgan fingerprint density at radius 3 is 1.58 bits per heavy atom. The Bertz CT molecular complexity index is 5230. The number of Topliss-reactive ketones (excluding diaryl/α,β-unsaturated/α-hetero) is 3. The van der Waals surface area contributed by atoms with Gasteiger partial charge in [-0.1, -0.05) is 173 Å². The van der Waals surface area contributed by atoms with Gasteiger partial charge in [-0.25, -0.2) is 0 Å². The van der Waals surface area contributed by atoms with Gasteiger partial charge in [0, 0.05) is 153 Å². The normalized spacial score (nSPS) is 22.3. The first-order chi connectivity index (χ1) is 62.7. The average molecular weight is 1820 g/mol. The third-order valence-corrected chi connectivity index (χ3v) is 24.4. The Kier molecular flexibility index (Phi) is 38.4. The van der Waals surface area contributed by atoms with Gasteiger partial charge in [-0.15, -0.1) is 11.8 Å². The number of ketones is 3. The summed E-state index contributed by atoms with van der Waals surface area (Å²) >= 11 is 0.866. The molecule has 33 nitrogen and oxygen atoms in total. The average Bonchev–Trinajstić information content (AvgIpc) is 1.78. The van der Waals surface area contributed by atoms with E-state index in [0.29, 0.717) is 69.2 Å². The van der Waals surface area contributed by atoms with Crippen molar-refractivity contribution < 1.29 is 91.7 Å². The molecule has 3 heterocycles. The summed E-state index contributed by atoms with van der Waals surface area (Å²) in [7, 11) is 6.80. The van der Waals surface area contributed by atoms with Crippen LogP contribution in [0.25, 0.3) is 10.9 Å². The number of aromatic nitrogens is 1. The number of allylic oxidation sites excluding steroid dienone is 1. The zero-order valence-electron chi connectivity index (χ0n) is 75.0. The topological polar surface area (TPSA) is 465 Å². The lowest BCUT2D eigenvalue weighted by atomic mass is 9.84. The van der Waals surface area contributed by atoms with Crippen LogP contribution in [0.4, 0.5) is 0 Å². The first-order valence-corrected chi connectivity index (χ1v) is 44.9. The third kappa shape index (κ3) is 30.2. The molecule has 0 radical (unpaired) electrons. The second kappa shape index (κ2) is 49.8. The molecule has 131 heavy (non-hydrogen) atoms. The number of phenolic OH excluding ortho intramolecular Hbond substituents is 2. The number of carbonyl (C=O) groups excluding carboxylic acids is 16. The fraction of sp³-hybridized carbons (Fsp3) is 0.412. The lowest BCUT2D eigenvalue weighted by molar-refractivity contribution is -0.151. The quantitative estimate of drug-likeness (QED) is 0.0331. The number of phenols is 2. The number of aliphatic imine (C=N–C) groups is 1. The second-order valence-corrected chi connectivity index (χ2v) is 34.6. The number of rotatable bonds is 25. The van der Waals surface area contributed by atoms with Gasteiger partial charge in [0.15, 0.2) is 11.6 Å². The molecule has 2 aliphatic heterocycles. The van der Waals surface area contributed by atoms with E-state index in [-0.39, 0.29) is 75.1 Å². The summed E-state index contributed by atoms with van der Waals surface area (Å²) in [6, 6.07) is 31.4. The number of ether oxygens (including phenoxy) is 1. The van der Waals surface area contributed by atoms with Crippen LogP contribution in [0.15, 0.2) is 187 Å². The molecule has 0 unspecified atom stereocenters. The van der Waals surface area contributed by atoms with E-state index in [1.807, 2.05) is 6.92 Å². The molecule has 0 saturated carbocycles. The number of benzene rings is 6. The predicted molar refractivity (Wildman–Crippen MR) is 492 cm³/mol. The second-order valence-electron chi connectivity index (χ2n) is 33.6. The number of aromatic hydroxyl groups is 2. The van der Waals surface area contributed by atoms with Gasteiger partial charge < -0.3 is 82.1 Å². The molecule has 0 bridgehead atoms. The lowest BCUT2D eigenvalue weighted by Gasteiger charge is -2.37. The molecule has 11 atom stereocenters. The number of nitrogens with one attached hydrogen (secondary N) is 7. The maximum Gasteiger partial charge on any atom is 0.293 e. The van der Waals surface area contributed by atoms with Gasteiger partial charge in [0.25, 0.3) is 6.47 Å². The molecule has 7 aromatic rings. The molecule has 0 spiro atoms. The van der Waals surface area contributed by atoms with Crippen molar-refractivity contribution in [3.8, 4) is 11.5 Å². The van der Waals surface area contributed by atoms with Crippen LogP contribution < -0.4 is 37.6 Å². The van der Waals surface area contributed by atoms with E-state index in [4.69, 9.17) is 10.5 Å². The highest BCUT2D eigenvalue weighted by Crippen LogP contribution is 2.28. The minimum Gasteiger partial charge on any atom is -0.508 e. The standard InChI is InChI=1S/C97H118N14O19S/c1-9-10-32-81-96(128)107(4)54-71(115)49-67(56-130-59-112)85(117)52-73(60(2)3)93(125)110(7)82(47-62-25-16-12-17-26-62)92(124)105-78(46-65-35-39-70(114)40-36-65)94(126)108(5)55-87(119)101-76(50-66-53-100-74-31-21-20-30-72(66)74)90(122)103-75(44-64-33-37-69(113)38-34-64)89(121)104-77(51-68-29-22-43-99-68)91(123)106-80(84(116)41-42-86(98)118)57-131-58-88(120)102-79(45-61-23-14-11-15-24-61)95(127)111(8)83(97(129)109(81)6)48-63-27-18-13-19-28-63/h11-21,23-31,33-40,43,53,59-60,67,73,75-83,100,113-114H,9-10,22,32,41-42,44-52,54-58H2,1-8H3,(H2,98,118)(H,101,119)(H,102,120)(H,103,122)(H,104,121)(H,105,124)(H,106,123)/t67-,73-,75-,76-,77-,78-,79-,80-,81-,82-,83-/m0/s1. The highest BCUT2D eigenvalue weighted by atomic mass is 32.2. The van der Waals surface area contributed by atoms with Gasteiger partial charge in [-0.05, 0) is 76.1 Å². The SMILES string of the molecule is CCCC[C@H]1C(=O)N(C)CC(=O)C[C@@H](COC=O)C(=O)C[C@@H](C(C)C)C(=O)N(C)[C@@H](Cc2ccccc2)C(=O)N[C@@H](Cc2ccc(O)cc2)C(=O)N(C)CC(=O)N[C@@H](Cc2c[nH]c3ccccc23)C(=O)N[C@@H](Cc2ccc(O)cc2)C(=O)N[C@@H](CC2=CCC=N2)C(=O)N[C@H](C(=O)CCC(N)=O)CSCC(=O)N[C@@H](Cc2ccccc2)C(=O)N(C)[C@@H](Cc2ccccc2)C(=O)N1C. The summed E-state index contributed by atoms with van der Waals surface area (Å²) < 4.78 is 5.16. The van der Waals surface area contributed by atoms with Crippen molar-refractivity contribution in [3.63, 3.8) is 0 Å². The van der Waals surface area contributed by atoms with Crippen LogP contribution >= 0.6 is 11.8 Å². The minimum atomic E-state index is -1.62. The van der Waals surface area contributed by atoms with Crippen LogP contribution in [0.5, 0.6) is 11.5 Å². The molecule has 0 aliphatic carbocycles. The highest BCUT2D eigenvalue weighted by molar-refractivity contribution is 8.00. The Morgan fingerprint density at radius 2 is 1.02 bits per heavy atom. The summed E-state index contributed by atoms with van der Waals surface area (Å²) in [5.41, 5.74) is 9.67. The fourth-order valence-corrected chi connectivity index (χ4v) is 16.7. The van der Waals surface area contributed by atoms with Crippen molar-refractivity contribution in [2.24, 2.45) is 28.5 Å². The lowest BCUT2D eigenvalue weighted by Crippen LogP contribution is -2.59. The summed E-state index contributed by atoms with van der Waals surface area (Å²) in [5.74, 6) is -16.2. The number of hydrogen-bond acceptors (Lipinski definition) is 21. The first kappa shape index (κ1) is 101. The van der Waals surface area contributed by atoms with Crippen molar-refractivity contribution in [1.29, 1.82) is 0 Å². The molecule has 34 heteroatoms. The molecular formula is C97H118N14O19S. The number of nitrogens with two attached hydrogens (primary N) is 1. The highest BCUT2D eigenvalue weighted by Gasteiger charge is 2.42. The first-order valence-electron chi connectivity index (χ1n) is 43.7. The van der Waals surface area contributed by atoms with Crippen molar-refractivity contribution >= 4 is 124 Å². The number of H-pyrrole nitrogens is 1.